The average Bonchev–Trinajstić information content (AvgIpc) is 2.48. The highest BCUT2D eigenvalue weighted by Gasteiger charge is 2.07. The number of amides is 2. The lowest BCUT2D eigenvalue weighted by molar-refractivity contribution is 0.248. The number of urea groups is 1. The van der Waals surface area contributed by atoms with E-state index in [1.165, 1.54) is 70.6 Å². The molecule has 22 heavy (non-hydrogen) atoms. The van der Waals surface area contributed by atoms with E-state index in [2.05, 4.69) is 27.9 Å². The molecular weight excluding hydrogens is 276 g/mol. The topological polar surface area (TPSA) is 79.8 Å². The van der Waals surface area contributed by atoms with Gasteiger partial charge in [-0.1, -0.05) is 62.3 Å². The van der Waals surface area contributed by atoms with Gasteiger partial charge in [0.05, 0.1) is 6.04 Å². The Hall–Kier alpha value is -1.39. The summed E-state index contributed by atoms with van der Waals surface area (Å²) in [7, 11) is 0. The summed E-state index contributed by atoms with van der Waals surface area (Å²) in [6, 6.07) is -0.426. The summed E-state index contributed by atoms with van der Waals surface area (Å²) in [6.45, 7) is 0. The first-order valence-electron chi connectivity index (χ1n) is 8.89. The first-order valence-corrected chi connectivity index (χ1v) is 8.89. The molecule has 1 aliphatic carbocycles. The zero-order chi connectivity index (χ0) is 15.9. The molecule has 1 atom stereocenters. The molecule has 0 saturated carbocycles. The molecule has 0 spiro atoms. The third kappa shape index (κ3) is 11.3. The molecule has 0 bridgehead atoms. The van der Waals surface area contributed by atoms with Crippen LogP contribution in [0, 0.1) is 0 Å². The molecule has 0 saturated heterocycles. The summed E-state index contributed by atoms with van der Waals surface area (Å²) < 4.78 is 0. The summed E-state index contributed by atoms with van der Waals surface area (Å²) in [6.07, 6.45) is 20.7. The maximum Gasteiger partial charge on any atom is 0.333 e. The van der Waals surface area contributed by atoms with Gasteiger partial charge in [0.2, 0.25) is 0 Å². The third-order valence-electron chi connectivity index (χ3n) is 4.11. The molecule has 0 aromatic heterocycles. The van der Waals surface area contributed by atoms with Crippen LogP contribution in [0.5, 0.6) is 0 Å². The van der Waals surface area contributed by atoms with Crippen LogP contribution in [0.15, 0.2) is 22.5 Å². The molecule has 0 radical (unpaired) electrons. The predicted molar refractivity (Wildman–Crippen MR) is 90.5 cm³/mol. The Morgan fingerprint density at radius 1 is 0.864 bits per heavy atom. The summed E-state index contributed by atoms with van der Waals surface area (Å²) in [4.78, 5) is 10.6. The molecule has 0 aromatic rings. The molecule has 126 valence electrons. The third-order valence-corrected chi connectivity index (χ3v) is 4.11. The van der Waals surface area contributed by atoms with Gasteiger partial charge in [-0.2, -0.15) is 5.11 Å². The molecule has 0 aromatic carbocycles. The van der Waals surface area contributed by atoms with Crippen LogP contribution in [0.3, 0.4) is 0 Å². The fraction of sp³-hybridized carbons (Fsp3) is 0.824. The minimum absolute atomic E-state index is 0.222. The molecule has 0 unspecified atom stereocenters. The van der Waals surface area contributed by atoms with E-state index >= 15 is 0 Å². The lowest BCUT2D eigenvalue weighted by atomic mass is 10.0. The molecule has 0 heterocycles. The van der Waals surface area contributed by atoms with Crippen LogP contribution in [0.25, 0.3) is 0 Å². The molecular formula is C17H32N4O. The van der Waals surface area contributed by atoms with Crippen molar-refractivity contribution in [1.82, 2.24) is 5.43 Å². The SMILES string of the molecule is NC(=O)NN=N[C@H]1CCCCCCC=CCCCCCCC1. The number of hydrogen-bond acceptors (Lipinski definition) is 3. The number of hydrogen-bond donors (Lipinski definition) is 2. The second-order valence-corrected chi connectivity index (χ2v) is 6.15. The van der Waals surface area contributed by atoms with Crippen molar-refractivity contribution < 1.29 is 4.79 Å². The van der Waals surface area contributed by atoms with E-state index in [-0.39, 0.29) is 6.04 Å². The van der Waals surface area contributed by atoms with Gasteiger partial charge in [-0.3, -0.25) is 0 Å². The quantitative estimate of drug-likeness (QED) is 0.418. The fourth-order valence-electron chi connectivity index (χ4n) is 2.82. The van der Waals surface area contributed by atoms with Gasteiger partial charge in [0.25, 0.3) is 0 Å². The molecule has 3 N–H and O–H groups in total. The fourth-order valence-corrected chi connectivity index (χ4v) is 2.82. The van der Waals surface area contributed by atoms with Crippen LogP contribution >= 0.6 is 0 Å². The Morgan fingerprint density at radius 3 is 1.91 bits per heavy atom. The van der Waals surface area contributed by atoms with Gasteiger partial charge >= 0.3 is 6.03 Å². The van der Waals surface area contributed by atoms with Crippen molar-refractivity contribution in [3.05, 3.63) is 12.2 Å². The van der Waals surface area contributed by atoms with E-state index in [1.54, 1.807) is 0 Å². The lowest BCUT2D eigenvalue weighted by Crippen LogP contribution is -2.24. The monoisotopic (exact) mass is 308 g/mol. The number of allylic oxidation sites excluding steroid dienone is 2. The first-order chi connectivity index (χ1) is 10.8. The Bertz CT molecular complexity index is 342. The van der Waals surface area contributed by atoms with Crippen LogP contribution in [0.2, 0.25) is 0 Å². The number of carbonyl (C=O) groups excluding carboxylic acids is 1. The largest absolute Gasteiger partial charge is 0.350 e. The first kappa shape index (κ1) is 18.7. The Morgan fingerprint density at radius 2 is 1.36 bits per heavy atom. The smallest absolute Gasteiger partial charge is 0.333 e. The summed E-state index contributed by atoms with van der Waals surface area (Å²) in [5, 5.41) is 7.94. The van der Waals surface area contributed by atoms with Crippen molar-refractivity contribution in [2.24, 2.45) is 16.1 Å². The van der Waals surface area contributed by atoms with Crippen LogP contribution in [-0.4, -0.2) is 12.1 Å². The van der Waals surface area contributed by atoms with E-state index in [1.807, 2.05) is 0 Å². The Kier molecular flexibility index (Phi) is 11.3. The molecule has 1 rings (SSSR count). The van der Waals surface area contributed by atoms with Crippen molar-refractivity contribution in [3.8, 4) is 0 Å². The highest BCUT2D eigenvalue weighted by Crippen LogP contribution is 2.17. The van der Waals surface area contributed by atoms with Crippen molar-refractivity contribution in [1.29, 1.82) is 0 Å². The van der Waals surface area contributed by atoms with Gasteiger partial charge in [-0.15, -0.1) is 0 Å². The maximum absolute atomic E-state index is 10.6. The Labute approximate surface area is 134 Å². The Balaban J connectivity index is 2.35. The number of nitrogens with zero attached hydrogens (tertiary/aromatic N) is 2. The highest BCUT2D eigenvalue weighted by atomic mass is 16.2. The van der Waals surface area contributed by atoms with Crippen LogP contribution in [-0.2, 0) is 0 Å². The lowest BCUT2D eigenvalue weighted by Gasteiger charge is -2.11. The predicted octanol–water partition coefficient (Wildman–Crippen LogP) is 5.03. The maximum atomic E-state index is 10.6. The van der Waals surface area contributed by atoms with Gasteiger partial charge in [-0.25, -0.2) is 10.2 Å². The van der Waals surface area contributed by atoms with Gasteiger partial charge in [0, 0.05) is 0 Å². The van der Waals surface area contributed by atoms with E-state index in [0.29, 0.717) is 0 Å². The van der Waals surface area contributed by atoms with Crippen molar-refractivity contribution >= 4 is 6.03 Å². The highest BCUT2D eigenvalue weighted by molar-refractivity contribution is 5.70. The molecule has 5 nitrogen and oxygen atoms in total. The van der Waals surface area contributed by atoms with Gasteiger partial charge < -0.3 is 5.73 Å². The molecule has 0 aliphatic heterocycles. The number of primary amides is 1. The van der Waals surface area contributed by atoms with Crippen LogP contribution < -0.4 is 11.2 Å². The minimum atomic E-state index is -0.648. The average molecular weight is 308 g/mol. The van der Waals surface area contributed by atoms with Crippen LogP contribution in [0.4, 0.5) is 4.79 Å². The van der Waals surface area contributed by atoms with E-state index in [4.69, 9.17) is 5.73 Å². The van der Waals surface area contributed by atoms with Gasteiger partial charge in [0.15, 0.2) is 0 Å². The second kappa shape index (κ2) is 13.3. The standard InChI is InChI=1S/C17H32N4O/c18-17(22)20-21-19-16-14-12-10-8-6-4-2-1-3-5-7-9-11-13-15-16/h1-2,16H,3-15H2,(H3,18,19,20,22)/t16-/m0/s1. The molecule has 2 amide bonds. The zero-order valence-electron chi connectivity index (χ0n) is 13.8. The van der Waals surface area contributed by atoms with E-state index in [0.717, 1.165) is 12.8 Å². The number of nitrogens with two attached hydrogens (primary N) is 1. The number of nitrogens with one attached hydrogen (secondary N) is 1. The molecule has 1 aliphatic rings. The van der Waals surface area contributed by atoms with E-state index in [9.17, 15) is 4.79 Å². The van der Waals surface area contributed by atoms with E-state index < -0.39 is 6.03 Å². The zero-order valence-corrected chi connectivity index (χ0v) is 13.8. The molecule has 0 fully saturated rings. The van der Waals surface area contributed by atoms with Crippen LogP contribution in [0.1, 0.15) is 83.5 Å². The molecule has 5 heteroatoms. The summed E-state index contributed by atoms with van der Waals surface area (Å²) in [5.41, 5.74) is 7.20. The van der Waals surface area contributed by atoms with Crippen molar-refractivity contribution in [2.75, 3.05) is 0 Å². The van der Waals surface area contributed by atoms with Gasteiger partial charge in [-0.05, 0) is 38.5 Å². The number of carbonyl (C=O) groups is 1. The second-order valence-electron chi connectivity index (χ2n) is 6.15. The van der Waals surface area contributed by atoms with Crippen molar-refractivity contribution in [2.45, 2.75) is 89.5 Å². The summed E-state index contributed by atoms with van der Waals surface area (Å²) >= 11 is 0. The minimum Gasteiger partial charge on any atom is -0.350 e. The van der Waals surface area contributed by atoms with Gasteiger partial charge in [0.1, 0.15) is 0 Å². The normalized spacial score (nSPS) is 23.4. The van der Waals surface area contributed by atoms with Crippen molar-refractivity contribution in [3.63, 3.8) is 0 Å². The number of rotatable bonds is 2. The summed E-state index contributed by atoms with van der Waals surface area (Å²) in [5.74, 6) is 0.